The third-order valence-electron chi connectivity index (χ3n) is 2.05. The Kier molecular flexibility index (Phi) is 1.02. The minimum Gasteiger partial charge on any atom is -0.315 e. The van der Waals surface area contributed by atoms with Crippen LogP contribution in [0.2, 0.25) is 0 Å². The van der Waals surface area contributed by atoms with Gasteiger partial charge < -0.3 is 10.6 Å². The lowest BCUT2D eigenvalue weighted by atomic mass is 9.86. The van der Waals surface area contributed by atoms with Crippen molar-refractivity contribution in [3.05, 3.63) is 6.04 Å². The van der Waals surface area contributed by atoms with E-state index in [0.717, 1.165) is 12.5 Å². The van der Waals surface area contributed by atoms with Gasteiger partial charge in [-0.3, -0.25) is 0 Å². The average molecular weight is 111 g/mol. The van der Waals surface area contributed by atoms with E-state index >= 15 is 0 Å². The van der Waals surface area contributed by atoms with Crippen molar-refractivity contribution in [1.29, 1.82) is 0 Å². The molecule has 2 saturated heterocycles. The highest BCUT2D eigenvalue weighted by atomic mass is 15.1. The Hall–Kier alpha value is -0.0800. The van der Waals surface area contributed by atoms with Gasteiger partial charge in [0, 0.05) is 13.1 Å². The second-order valence-electron chi connectivity index (χ2n) is 2.57. The van der Waals surface area contributed by atoms with Crippen molar-refractivity contribution >= 4 is 0 Å². The second kappa shape index (κ2) is 1.71. The molecule has 2 heteroatoms. The van der Waals surface area contributed by atoms with Crippen molar-refractivity contribution in [2.45, 2.75) is 6.42 Å². The predicted octanol–water partition coefficient (Wildman–Crippen LogP) is -0.269. The first kappa shape index (κ1) is 4.77. The summed E-state index contributed by atoms with van der Waals surface area (Å²) < 4.78 is 0. The average Bonchev–Trinajstić information content (AvgIpc) is 1.72. The van der Waals surface area contributed by atoms with Gasteiger partial charge in [-0.05, 0) is 18.9 Å². The van der Waals surface area contributed by atoms with Crippen LogP contribution in [-0.4, -0.2) is 19.6 Å². The van der Waals surface area contributed by atoms with Crippen molar-refractivity contribution in [2.75, 3.05) is 19.6 Å². The van der Waals surface area contributed by atoms with Crippen LogP contribution in [0.15, 0.2) is 0 Å². The summed E-state index contributed by atoms with van der Waals surface area (Å²) in [5.41, 5.74) is 0. The largest absolute Gasteiger partial charge is 0.315 e. The van der Waals surface area contributed by atoms with Crippen LogP contribution in [0.4, 0.5) is 0 Å². The number of hydrogen-bond acceptors (Lipinski definition) is 2. The standard InChI is InChI=1S/C6H11N2/c1-2-7-4-6-5(1)3-8-6/h5,7-8H,1-4H2/t5-/m0/s1. The van der Waals surface area contributed by atoms with Crippen LogP contribution in [0.5, 0.6) is 0 Å². The van der Waals surface area contributed by atoms with Gasteiger partial charge >= 0.3 is 0 Å². The van der Waals surface area contributed by atoms with Crippen LogP contribution < -0.4 is 10.6 Å². The summed E-state index contributed by atoms with van der Waals surface area (Å²) in [6, 6.07) is 1.54. The van der Waals surface area contributed by atoms with E-state index in [9.17, 15) is 0 Å². The van der Waals surface area contributed by atoms with Crippen LogP contribution in [-0.2, 0) is 0 Å². The monoisotopic (exact) mass is 111 g/mol. The van der Waals surface area contributed by atoms with E-state index in [-0.39, 0.29) is 0 Å². The zero-order valence-corrected chi connectivity index (χ0v) is 4.91. The maximum absolute atomic E-state index is 3.32. The predicted molar refractivity (Wildman–Crippen MR) is 32.2 cm³/mol. The van der Waals surface area contributed by atoms with Crippen molar-refractivity contribution < 1.29 is 0 Å². The topological polar surface area (TPSA) is 24.1 Å². The Morgan fingerprint density at radius 2 is 2.50 bits per heavy atom. The van der Waals surface area contributed by atoms with Gasteiger partial charge in [0.25, 0.3) is 0 Å². The first-order valence-electron chi connectivity index (χ1n) is 3.27. The molecule has 2 rings (SSSR count). The van der Waals surface area contributed by atoms with Crippen molar-refractivity contribution in [2.24, 2.45) is 5.92 Å². The van der Waals surface area contributed by atoms with E-state index < -0.39 is 0 Å². The molecule has 8 heavy (non-hydrogen) atoms. The van der Waals surface area contributed by atoms with E-state index in [1.807, 2.05) is 0 Å². The van der Waals surface area contributed by atoms with Gasteiger partial charge in [-0.15, -0.1) is 0 Å². The lowest BCUT2D eigenvalue weighted by molar-refractivity contribution is 0.272. The Labute approximate surface area is 49.7 Å². The molecule has 2 N–H and O–H groups in total. The minimum atomic E-state index is 0.927. The Bertz CT molecular complexity index is 80.5. The molecule has 1 radical (unpaired) electrons. The number of hydrogen-bond donors (Lipinski definition) is 2. The quantitative estimate of drug-likeness (QED) is 0.449. The van der Waals surface area contributed by atoms with Crippen LogP contribution in [0.25, 0.3) is 0 Å². The van der Waals surface area contributed by atoms with Crippen LogP contribution >= 0.6 is 0 Å². The molecule has 0 aromatic rings. The highest BCUT2D eigenvalue weighted by Gasteiger charge is 2.32. The molecule has 2 heterocycles. The number of rotatable bonds is 0. The zero-order valence-electron chi connectivity index (χ0n) is 4.91. The molecule has 2 aliphatic heterocycles. The molecular formula is C6H11N2. The Morgan fingerprint density at radius 3 is 2.88 bits per heavy atom. The molecule has 0 spiro atoms. The van der Waals surface area contributed by atoms with E-state index in [1.54, 1.807) is 0 Å². The molecular weight excluding hydrogens is 100 g/mol. The molecule has 2 aliphatic rings. The smallest absolute Gasteiger partial charge is 0.0547 e. The second-order valence-corrected chi connectivity index (χ2v) is 2.57. The van der Waals surface area contributed by atoms with Gasteiger partial charge in [-0.25, -0.2) is 0 Å². The summed E-state index contributed by atoms with van der Waals surface area (Å²) in [6.07, 6.45) is 1.35. The van der Waals surface area contributed by atoms with Gasteiger partial charge in [0.1, 0.15) is 0 Å². The Balaban J connectivity index is 1.92. The Morgan fingerprint density at radius 1 is 1.50 bits per heavy atom. The molecule has 1 atom stereocenters. The fraction of sp³-hybridized carbons (Fsp3) is 0.833. The van der Waals surface area contributed by atoms with Gasteiger partial charge in [0.05, 0.1) is 6.04 Å². The molecule has 0 saturated carbocycles. The molecule has 45 valence electrons. The summed E-state index contributed by atoms with van der Waals surface area (Å²) in [6.45, 7) is 3.57. The number of piperidine rings is 1. The minimum absolute atomic E-state index is 0.927. The van der Waals surface area contributed by atoms with Crippen molar-refractivity contribution in [1.82, 2.24) is 10.6 Å². The van der Waals surface area contributed by atoms with E-state index in [1.165, 1.54) is 25.6 Å². The normalized spacial score (nSPS) is 38.2. The highest BCUT2D eigenvalue weighted by molar-refractivity contribution is 5.08. The summed E-state index contributed by atoms with van der Waals surface area (Å²) in [5, 5.41) is 6.62. The van der Waals surface area contributed by atoms with Gasteiger partial charge in [-0.2, -0.15) is 0 Å². The first-order valence-corrected chi connectivity index (χ1v) is 3.27. The molecule has 0 aliphatic carbocycles. The molecule has 0 amide bonds. The molecule has 2 fully saturated rings. The van der Waals surface area contributed by atoms with Crippen molar-refractivity contribution in [3.63, 3.8) is 0 Å². The first-order chi connectivity index (χ1) is 3.97. The molecule has 0 bridgehead atoms. The summed E-state index contributed by atoms with van der Waals surface area (Å²) in [5.74, 6) is 0.927. The van der Waals surface area contributed by atoms with E-state index in [2.05, 4.69) is 10.6 Å². The molecule has 0 unspecified atom stereocenters. The van der Waals surface area contributed by atoms with Crippen LogP contribution in [0.1, 0.15) is 6.42 Å². The van der Waals surface area contributed by atoms with Crippen LogP contribution in [0.3, 0.4) is 0 Å². The summed E-state index contributed by atoms with van der Waals surface area (Å²) in [4.78, 5) is 0. The lowest BCUT2D eigenvalue weighted by Gasteiger charge is -2.41. The lowest BCUT2D eigenvalue weighted by Crippen LogP contribution is -2.54. The summed E-state index contributed by atoms with van der Waals surface area (Å²) >= 11 is 0. The fourth-order valence-corrected chi connectivity index (χ4v) is 1.37. The maximum atomic E-state index is 3.32. The summed E-state index contributed by atoms with van der Waals surface area (Å²) in [7, 11) is 0. The van der Waals surface area contributed by atoms with Gasteiger partial charge in [0.15, 0.2) is 0 Å². The third-order valence-corrected chi connectivity index (χ3v) is 2.05. The van der Waals surface area contributed by atoms with E-state index in [4.69, 9.17) is 0 Å². The fourth-order valence-electron chi connectivity index (χ4n) is 1.37. The maximum Gasteiger partial charge on any atom is 0.0547 e. The van der Waals surface area contributed by atoms with Crippen molar-refractivity contribution in [3.8, 4) is 0 Å². The highest BCUT2D eigenvalue weighted by Crippen LogP contribution is 2.25. The van der Waals surface area contributed by atoms with Gasteiger partial charge in [-0.1, -0.05) is 0 Å². The number of fused-ring (bicyclic) bond motifs is 1. The van der Waals surface area contributed by atoms with E-state index in [0.29, 0.717) is 0 Å². The molecule has 0 aromatic heterocycles. The van der Waals surface area contributed by atoms with Crippen LogP contribution in [0, 0.1) is 12.0 Å². The molecule has 0 aromatic carbocycles. The third kappa shape index (κ3) is 0.565. The SMILES string of the molecule is C1C[C@H]2CN[C]2CN1. The number of nitrogens with one attached hydrogen (secondary N) is 2. The molecule has 2 nitrogen and oxygen atoms in total. The zero-order chi connectivity index (χ0) is 5.40. The van der Waals surface area contributed by atoms with Gasteiger partial charge in [0.2, 0.25) is 0 Å².